The molecule has 166 valence electrons. The highest BCUT2D eigenvalue weighted by molar-refractivity contribution is 8.26. The Morgan fingerprint density at radius 3 is 2.73 bits per heavy atom. The summed E-state index contributed by atoms with van der Waals surface area (Å²) in [5.41, 5.74) is 2.43. The molecule has 5 heterocycles. The summed E-state index contributed by atoms with van der Waals surface area (Å²) in [5.74, 6) is -0.475. The summed E-state index contributed by atoms with van der Waals surface area (Å²) in [5, 5.41) is 18.4. The van der Waals surface area contributed by atoms with Crippen LogP contribution in [0.5, 0.6) is 0 Å². The first-order valence-corrected chi connectivity index (χ1v) is 12.2. The topological polar surface area (TPSA) is 98.7 Å². The molecule has 3 aliphatic rings. The lowest BCUT2D eigenvalue weighted by molar-refractivity contribution is -0.114. The molecular weight excluding hydrogens is 482 g/mol. The molecule has 0 spiro atoms. The summed E-state index contributed by atoms with van der Waals surface area (Å²) in [6.07, 6.45) is 3.57. The normalized spacial score (nSPS) is 20.0. The lowest BCUT2D eigenvalue weighted by Crippen LogP contribution is -2.39. The molecule has 33 heavy (non-hydrogen) atoms. The first-order chi connectivity index (χ1) is 16.1. The number of benzene rings is 1. The summed E-state index contributed by atoms with van der Waals surface area (Å²) < 4.78 is 7.31. The zero-order valence-corrected chi connectivity index (χ0v) is 19.5. The second kappa shape index (κ2) is 8.10. The number of thiazole rings is 1. The average molecular weight is 498 g/mol. The van der Waals surface area contributed by atoms with Gasteiger partial charge in [-0.3, -0.25) is 14.6 Å². The highest BCUT2D eigenvalue weighted by atomic mass is 35.5. The number of carbonyl (C=O) groups is 1. The number of imidazole rings is 1. The van der Waals surface area contributed by atoms with Crippen LogP contribution in [0.15, 0.2) is 51.5 Å². The fourth-order valence-electron chi connectivity index (χ4n) is 3.76. The zero-order valence-electron chi connectivity index (χ0n) is 17.1. The molecule has 0 unspecified atom stereocenters. The molecule has 6 rings (SSSR count). The minimum atomic E-state index is -0.468. The number of thioether (sulfide) groups is 1. The first-order valence-electron chi connectivity index (χ1n) is 10.1. The number of hydrogen-bond acceptors (Lipinski definition) is 8. The Kier molecular flexibility index (Phi) is 5.06. The summed E-state index contributed by atoms with van der Waals surface area (Å²) in [7, 11) is 0. The van der Waals surface area contributed by atoms with Crippen molar-refractivity contribution in [2.45, 2.75) is 0 Å². The molecule has 9 nitrogen and oxygen atoms in total. The molecule has 0 atom stereocenters. The van der Waals surface area contributed by atoms with Gasteiger partial charge in [-0.15, -0.1) is 16.4 Å². The van der Waals surface area contributed by atoms with E-state index in [-0.39, 0.29) is 11.4 Å². The number of amides is 1. The van der Waals surface area contributed by atoms with Gasteiger partial charge in [0.15, 0.2) is 16.0 Å². The van der Waals surface area contributed by atoms with E-state index in [2.05, 4.69) is 15.0 Å². The largest absolute Gasteiger partial charge is 0.378 e. The SMILES string of the molecule is N=C1/C(=C\c2c(-c3ccc(Cl)cc3)nc3sccn23)C(=O)N=C2SC(N3CCOCC3)=NN12. The van der Waals surface area contributed by atoms with E-state index in [1.54, 1.807) is 18.2 Å². The molecule has 1 saturated heterocycles. The third-order valence-corrected chi connectivity index (χ3v) is 7.40. The van der Waals surface area contributed by atoms with Gasteiger partial charge in [-0.05, 0) is 30.0 Å². The number of hydrazone groups is 1. The van der Waals surface area contributed by atoms with Crippen molar-refractivity contribution in [1.29, 1.82) is 5.41 Å². The van der Waals surface area contributed by atoms with Crippen LogP contribution < -0.4 is 0 Å². The maximum Gasteiger partial charge on any atom is 0.283 e. The highest BCUT2D eigenvalue weighted by Crippen LogP contribution is 2.33. The summed E-state index contributed by atoms with van der Waals surface area (Å²) in [6, 6.07) is 7.37. The number of nitrogens with zero attached hydrogens (tertiary/aromatic N) is 6. The van der Waals surface area contributed by atoms with Crippen LogP contribution in [0.4, 0.5) is 0 Å². The summed E-state index contributed by atoms with van der Waals surface area (Å²) in [6.45, 7) is 2.68. The van der Waals surface area contributed by atoms with Gasteiger partial charge in [-0.25, -0.2) is 4.98 Å². The van der Waals surface area contributed by atoms with Crippen molar-refractivity contribution in [3.05, 3.63) is 52.1 Å². The fourth-order valence-corrected chi connectivity index (χ4v) is 5.55. The Balaban J connectivity index is 1.41. The van der Waals surface area contributed by atoms with Crippen molar-refractivity contribution >= 4 is 67.8 Å². The fraction of sp³-hybridized carbons (Fsp3) is 0.190. The Morgan fingerprint density at radius 1 is 1.15 bits per heavy atom. The van der Waals surface area contributed by atoms with E-state index in [9.17, 15) is 4.79 Å². The molecule has 1 N–H and O–H groups in total. The molecule has 0 saturated carbocycles. The van der Waals surface area contributed by atoms with Gasteiger partial charge < -0.3 is 9.64 Å². The molecule has 1 fully saturated rings. The Labute approximate surface area is 201 Å². The second-order valence-electron chi connectivity index (χ2n) is 7.41. The number of morpholine rings is 1. The van der Waals surface area contributed by atoms with Crippen LogP contribution in [0.2, 0.25) is 5.02 Å². The third kappa shape index (κ3) is 3.57. The van der Waals surface area contributed by atoms with Gasteiger partial charge in [0.1, 0.15) is 0 Å². The van der Waals surface area contributed by atoms with Crippen molar-refractivity contribution < 1.29 is 9.53 Å². The Morgan fingerprint density at radius 2 is 1.94 bits per heavy atom. The molecule has 1 amide bonds. The van der Waals surface area contributed by atoms with Crippen LogP contribution in [0.1, 0.15) is 5.69 Å². The van der Waals surface area contributed by atoms with E-state index in [0.717, 1.165) is 15.7 Å². The Hall–Kier alpha value is -2.99. The lowest BCUT2D eigenvalue weighted by atomic mass is 10.1. The number of hydrogen-bond donors (Lipinski definition) is 1. The zero-order chi connectivity index (χ0) is 22.5. The van der Waals surface area contributed by atoms with Crippen LogP contribution in [-0.2, 0) is 9.53 Å². The van der Waals surface area contributed by atoms with E-state index in [1.807, 2.05) is 28.1 Å². The number of amidine groups is 3. The predicted molar refractivity (Wildman–Crippen MR) is 131 cm³/mol. The van der Waals surface area contributed by atoms with Crippen LogP contribution >= 0.6 is 34.7 Å². The predicted octanol–water partition coefficient (Wildman–Crippen LogP) is 3.63. The van der Waals surface area contributed by atoms with Crippen LogP contribution in [0.25, 0.3) is 22.3 Å². The highest BCUT2D eigenvalue weighted by Gasteiger charge is 2.38. The number of fused-ring (bicyclic) bond motifs is 2. The quantitative estimate of drug-likeness (QED) is 0.543. The van der Waals surface area contributed by atoms with Crippen molar-refractivity contribution in [3.8, 4) is 11.3 Å². The average Bonchev–Trinajstić information content (AvgIpc) is 3.53. The van der Waals surface area contributed by atoms with Gasteiger partial charge in [0.05, 0.1) is 30.2 Å². The van der Waals surface area contributed by atoms with E-state index >= 15 is 0 Å². The minimum Gasteiger partial charge on any atom is -0.378 e. The molecular formula is C21H16ClN7O2S2. The van der Waals surface area contributed by atoms with Gasteiger partial charge in [-0.1, -0.05) is 23.7 Å². The summed E-state index contributed by atoms with van der Waals surface area (Å²) >= 11 is 8.85. The van der Waals surface area contributed by atoms with Gasteiger partial charge >= 0.3 is 0 Å². The van der Waals surface area contributed by atoms with Crippen LogP contribution in [0.3, 0.4) is 0 Å². The van der Waals surface area contributed by atoms with Crippen molar-refractivity contribution in [2.24, 2.45) is 10.1 Å². The lowest BCUT2D eigenvalue weighted by Gasteiger charge is -2.26. The number of nitrogens with one attached hydrogen (secondary N) is 1. The molecule has 1 aromatic carbocycles. The van der Waals surface area contributed by atoms with E-state index in [4.69, 9.17) is 26.7 Å². The van der Waals surface area contributed by atoms with Gasteiger partial charge in [0.25, 0.3) is 5.91 Å². The molecule has 12 heteroatoms. The smallest absolute Gasteiger partial charge is 0.283 e. The molecule has 2 aromatic heterocycles. The van der Waals surface area contributed by atoms with Crippen LogP contribution in [-0.4, -0.2) is 67.7 Å². The van der Waals surface area contributed by atoms with Crippen molar-refractivity contribution in [1.82, 2.24) is 19.3 Å². The first kappa shape index (κ1) is 20.6. The third-order valence-electron chi connectivity index (χ3n) is 5.42. The second-order valence-corrected chi connectivity index (χ2v) is 9.65. The number of rotatable bonds is 2. The number of carbonyl (C=O) groups excluding carboxylic acids is 1. The van der Waals surface area contributed by atoms with Crippen molar-refractivity contribution in [3.63, 3.8) is 0 Å². The van der Waals surface area contributed by atoms with E-state index in [0.29, 0.717) is 47.9 Å². The van der Waals surface area contributed by atoms with Gasteiger partial charge in [0.2, 0.25) is 5.17 Å². The maximum atomic E-state index is 13.0. The number of aromatic nitrogens is 2. The molecule has 3 aromatic rings. The number of ether oxygens (including phenoxy) is 1. The number of aliphatic imine (C=N–C) groups is 1. The van der Waals surface area contributed by atoms with Gasteiger partial charge in [0, 0.05) is 35.3 Å². The molecule has 0 aliphatic carbocycles. The standard InChI is InChI=1S/C21H16ClN7O2S2/c22-13-3-1-12(2-4-13)16-15(28-7-10-32-19(28)24-16)11-14-17(23)29-20(25-18(14)30)33-21(26-29)27-5-8-31-9-6-27/h1-4,7,10-11,23H,5-6,8-9H2/b14-11+,23-17?. The van der Waals surface area contributed by atoms with Crippen LogP contribution in [0, 0.1) is 5.41 Å². The van der Waals surface area contributed by atoms with E-state index in [1.165, 1.54) is 28.1 Å². The molecule has 0 radical (unpaired) electrons. The monoisotopic (exact) mass is 497 g/mol. The summed E-state index contributed by atoms with van der Waals surface area (Å²) in [4.78, 5) is 24.8. The van der Waals surface area contributed by atoms with Gasteiger partial charge in [-0.2, -0.15) is 10.0 Å². The van der Waals surface area contributed by atoms with Crippen molar-refractivity contribution in [2.75, 3.05) is 26.3 Å². The number of halogens is 1. The minimum absolute atomic E-state index is 0.00649. The molecule has 3 aliphatic heterocycles. The maximum absolute atomic E-state index is 13.0. The molecule has 0 bridgehead atoms. The Bertz CT molecular complexity index is 1380. The van der Waals surface area contributed by atoms with E-state index < -0.39 is 5.91 Å².